The van der Waals surface area contributed by atoms with Gasteiger partial charge in [0.15, 0.2) is 5.65 Å². The van der Waals surface area contributed by atoms with E-state index in [4.69, 9.17) is 11.6 Å². The Morgan fingerprint density at radius 1 is 1.19 bits per heavy atom. The summed E-state index contributed by atoms with van der Waals surface area (Å²) in [4.78, 5) is 16.6. The Kier molecular flexibility index (Phi) is 11.6. The summed E-state index contributed by atoms with van der Waals surface area (Å²) in [5.74, 6) is -0.243. The van der Waals surface area contributed by atoms with E-state index in [0.29, 0.717) is 34.7 Å². The fourth-order valence-electron chi connectivity index (χ4n) is 2.26. The molecular formula is C19H24ClN4OY-. The molecule has 0 spiro atoms. The molecule has 2 aromatic heterocycles. The predicted molar refractivity (Wildman–Crippen MR) is 104 cm³/mol. The number of hydrogen-bond donors (Lipinski definition) is 1. The topological polar surface area (TPSA) is 59.8 Å². The van der Waals surface area contributed by atoms with Gasteiger partial charge in [0, 0.05) is 52.0 Å². The first-order valence-electron chi connectivity index (χ1n) is 8.03. The van der Waals surface area contributed by atoms with E-state index < -0.39 is 0 Å². The van der Waals surface area contributed by atoms with E-state index in [0.717, 1.165) is 5.56 Å². The van der Waals surface area contributed by atoms with Gasteiger partial charge in [0.2, 0.25) is 0 Å². The zero-order valence-corrected chi connectivity index (χ0v) is 19.3. The van der Waals surface area contributed by atoms with Crippen molar-refractivity contribution >= 4 is 28.5 Å². The number of carbonyl (C=O) groups excluding carboxylic acids is 1. The molecule has 0 aliphatic heterocycles. The summed E-state index contributed by atoms with van der Waals surface area (Å²) in [6.45, 7) is 7.12. The van der Waals surface area contributed by atoms with Crippen LogP contribution in [0.3, 0.4) is 0 Å². The number of aromatic nitrogens is 3. The third-order valence-electron chi connectivity index (χ3n) is 3.44. The van der Waals surface area contributed by atoms with E-state index in [1.165, 1.54) is 6.20 Å². The fraction of sp³-hybridized carbons (Fsp3) is 0.263. The van der Waals surface area contributed by atoms with Crippen LogP contribution in [0.5, 0.6) is 0 Å². The van der Waals surface area contributed by atoms with Crippen molar-refractivity contribution < 1.29 is 37.5 Å². The van der Waals surface area contributed by atoms with Gasteiger partial charge in [-0.15, -0.1) is 0 Å². The van der Waals surface area contributed by atoms with Gasteiger partial charge in [0.25, 0.3) is 5.91 Å². The van der Waals surface area contributed by atoms with E-state index in [1.54, 1.807) is 10.9 Å². The van der Waals surface area contributed by atoms with Crippen molar-refractivity contribution in [2.45, 2.75) is 33.9 Å². The smallest absolute Gasteiger partial charge is 0.254 e. The molecule has 7 heteroatoms. The molecule has 0 aliphatic carbocycles. The van der Waals surface area contributed by atoms with Gasteiger partial charge < -0.3 is 12.7 Å². The van der Waals surface area contributed by atoms with Gasteiger partial charge >= 0.3 is 0 Å². The van der Waals surface area contributed by atoms with Crippen molar-refractivity contribution in [3.8, 4) is 0 Å². The fourth-order valence-corrected chi connectivity index (χ4v) is 2.53. The molecule has 137 valence electrons. The minimum atomic E-state index is -0.243. The van der Waals surface area contributed by atoms with Crippen LogP contribution in [-0.2, 0) is 45.8 Å². The largest absolute Gasteiger partial charge is 0.358 e. The number of hydrogen-bond acceptors (Lipinski definition) is 3. The Bertz CT molecular complexity index is 821. The molecule has 26 heavy (non-hydrogen) atoms. The van der Waals surface area contributed by atoms with Crippen molar-refractivity contribution in [1.29, 1.82) is 0 Å². The molecule has 1 N–H and O–H groups in total. The van der Waals surface area contributed by atoms with Crippen LogP contribution in [0.1, 0.15) is 36.7 Å². The number of nitrogens with zero attached hydrogens (tertiary/aromatic N) is 3. The summed E-state index contributed by atoms with van der Waals surface area (Å²) < 4.78 is 1.74. The van der Waals surface area contributed by atoms with Crippen LogP contribution in [0.15, 0.2) is 42.7 Å². The second kappa shape index (κ2) is 12.2. The van der Waals surface area contributed by atoms with E-state index >= 15 is 0 Å². The quantitative estimate of drug-likeness (QED) is 0.597. The Morgan fingerprint density at radius 3 is 2.46 bits per heavy atom. The van der Waals surface area contributed by atoms with E-state index in [9.17, 15) is 4.79 Å². The molecule has 0 fully saturated rings. The van der Waals surface area contributed by atoms with Gasteiger partial charge in [-0.2, -0.15) is 5.10 Å². The van der Waals surface area contributed by atoms with Crippen molar-refractivity contribution in [3.05, 3.63) is 66.3 Å². The van der Waals surface area contributed by atoms with Crippen LogP contribution < -0.4 is 5.32 Å². The number of rotatable bonds is 4. The Labute approximate surface area is 185 Å². The Morgan fingerprint density at radius 2 is 1.85 bits per heavy atom. The molecule has 0 saturated heterocycles. The van der Waals surface area contributed by atoms with Crippen LogP contribution in [0.2, 0.25) is 5.02 Å². The molecule has 3 aromatic rings. The number of aryl methyl sites for hydroxylation is 1. The first-order valence-corrected chi connectivity index (χ1v) is 8.40. The monoisotopic (exact) mass is 448 g/mol. The average Bonchev–Trinajstić information content (AvgIpc) is 3.06. The molecule has 1 radical (unpaired) electrons. The van der Waals surface area contributed by atoms with Gasteiger partial charge in [-0.3, -0.25) is 4.79 Å². The number of nitrogens with one attached hydrogen (secondary N) is 1. The minimum absolute atomic E-state index is 0. The van der Waals surface area contributed by atoms with Gasteiger partial charge in [0.1, 0.15) is 0 Å². The summed E-state index contributed by atoms with van der Waals surface area (Å²) in [6.07, 6.45) is 3.14. The van der Waals surface area contributed by atoms with Crippen molar-refractivity contribution in [1.82, 2.24) is 20.1 Å². The average molecular weight is 449 g/mol. The second-order valence-electron chi connectivity index (χ2n) is 4.85. The van der Waals surface area contributed by atoms with E-state index in [-0.39, 0.29) is 46.0 Å². The summed E-state index contributed by atoms with van der Waals surface area (Å²) in [6, 6.07) is 9.71. The van der Waals surface area contributed by atoms with Gasteiger partial charge in [0.05, 0.1) is 22.2 Å². The molecule has 0 atom stereocenters. The Hall–Kier alpha value is -1.30. The van der Waals surface area contributed by atoms with Crippen LogP contribution in [0.25, 0.3) is 11.0 Å². The number of carbonyl (C=O) groups is 1. The van der Waals surface area contributed by atoms with Crippen molar-refractivity contribution in [2.75, 3.05) is 0 Å². The van der Waals surface area contributed by atoms with Crippen LogP contribution in [0, 0.1) is 7.43 Å². The SMILES string of the molecule is CC.CCn1ncc2c(Cl)c(C(=O)NCc3ccccc3)cnc21.[CH3-].[Y]. The van der Waals surface area contributed by atoms with Gasteiger partial charge in [-0.05, 0) is 12.5 Å². The zero-order chi connectivity index (χ0) is 17.5. The summed E-state index contributed by atoms with van der Waals surface area (Å²) in [5.41, 5.74) is 2.08. The molecule has 3 rings (SSSR count). The van der Waals surface area contributed by atoms with Gasteiger partial charge in [-0.25, -0.2) is 9.67 Å². The second-order valence-corrected chi connectivity index (χ2v) is 5.23. The first-order chi connectivity index (χ1) is 11.7. The number of benzene rings is 1. The van der Waals surface area contributed by atoms with Gasteiger partial charge in [-0.1, -0.05) is 55.8 Å². The maximum absolute atomic E-state index is 12.3. The van der Waals surface area contributed by atoms with Crippen LogP contribution >= 0.6 is 11.6 Å². The molecule has 0 aliphatic rings. The molecule has 2 heterocycles. The normalized spacial score (nSPS) is 9.38. The third-order valence-corrected chi connectivity index (χ3v) is 3.85. The standard InChI is InChI=1S/C16H15ClN4O.C2H6.CH3.Y/c1-2-21-15-12(10-20-21)14(17)13(9-18-15)16(22)19-8-11-6-4-3-5-7-11;1-2;;/h3-7,9-10H,2,8H2,1H3,(H,19,22);1-2H3;1H3;/q;;-1;. The molecule has 0 bridgehead atoms. The predicted octanol–water partition coefficient (Wildman–Crippen LogP) is 4.51. The molecule has 1 amide bonds. The van der Waals surface area contributed by atoms with Crippen LogP contribution in [-0.4, -0.2) is 20.7 Å². The Balaban J connectivity index is 0.00000151. The number of fused-ring (bicyclic) bond motifs is 1. The van der Waals surface area contributed by atoms with E-state index in [1.807, 2.05) is 51.1 Å². The summed E-state index contributed by atoms with van der Waals surface area (Å²) in [7, 11) is 0. The summed E-state index contributed by atoms with van der Waals surface area (Å²) >= 11 is 6.33. The maximum atomic E-state index is 12.3. The van der Waals surface area contributed by atoms with Crippen LogP contribution in [0.4, 0.5) is 0 Å². The third kappa shape index (κ3) is 5.60. The molecule has 0 saturated carbocycles. The first kappa shape index (κ1) is 24.7. The van der Waals surface area contributed by atoms with Crippen molar-refractivity contribution in [2.24, 2.45) is 0 Å². The number of halogens is 1. The molecule has 5 nitrogen and oxygen atoms in total. The molecule has 1 aromatic carbocycles. The maximum Gasteiger partial charge on any atom is 0.254 e. The zero-order valence-electron chi connectivity index (χ0n) is 15.7. The molecular weight excluding hydrogens is 425 g/mol. The van der Waals surface area contributed by atoms with Crippen molar-refractivity contribution in [3.63, 3.8) is 0 Å². The molecule has 0 unspecified atom stereocenters. The minimum Gasteiger partial charge on any atom is -0.358 e. The van der Waals surface area contributed by atoms with E-state index in [2.05, 4.69) is 15.4 Å². The number of amides is 1. The number of pyridine rings is 1. The summed E-state index contributed by atoms with van der Waals surface area (Å²) in [5, 5.41) is 8.13.